The number of aromatic nitrogens is 4. The summed E-state index contributed by atoms with van der Waals surface area (Å²) in [4.78, 5) is 0. The van der Waals surface area contributed by atoms with Gasteiger partial charge in [0.25, 0.3) is 0 Å². The highest BCUT2D eigenvalue weighted by Crippen LogP contribution is 2.44. The van der Waals surface area contributed by atoms with Gasteiger partial charge in [-0.1, -0.05) is 218 Å². The minimum absolute atomic E-state index is 0.00964. The first-order valence-electron chi connectivity index (χ1n) is 28.9. The molecule has 0 N–H and O–H groups in total. The van der Waals surface area contributed by atoms with Crippen LogP contribution >= 0.6 is 0 Å². The second-order valence-electron chi connectivity index (χ2n) is 24.8. The topological polar surface area (TPSA) is 19.7 Å². The van der Waals surface area contributed by atoms with Gasteiger partial charge in [0.2, 0.25) is 0 Å². The van der Waals surface area contributed by atoms with Gasteiger partial charge in [-0.3, -0.25) is 0 Å². The molecule has 11 aromatic carbocycles. The summed E-state index contributed by atoms with van der Waals surface area (Å²) < 4.78 is 9.89. The van der Waals surface area contributed by atoms with Gasteiger partial charge >= 0.3 is 0 Å². The highest BCUT2D eigenvalue weighted by atomic mass is 15.1. The maximum atomic E-state index is 2.54. The van der Waals surface area contributed by atoms with E-state index in [1.807, 2.05) is 0 Å². The molecule has 0 aliphatic carbocycles. The van der Waals surface area contributed by atoms with Crippen molar-refractivity contribution in [2.75, 3.05) is 0 Å². The summed E-state index contributed by atoms with van der Waals surface area (Å²) in [6.07, 6.45) is 0. The van der Waals surface area contributed by atoms with Crippen LogP contribution in [0.15, 0.2) is 261 Å². The van der Waals surface area contributed by atoms with Gasteiger partial charge in [0.15, 0.2) is 0 Å². The zero-order valence-corrected chi connectivity index (χ0v) is 48.6. The molecule has 402 valence electrons. The van der Waals surface area contributed by atoms with E-state index >= 15 is 0 Å². The van der Waals surface area contributed by atoms with Crippen LogP contribution in [0.5, 0.6) is 0 Å². The molecule has 15 rings (SSSR count). The SMILES string of the molecule is CC(C)(C)n1c2c(-c3ccccc3)cccc2c2cccc(-c3ccccc3)c21.CC(C)(C)n1c2ccccc2c2cc(-n3c4ccccc4c4ccccc43)ccc21.CC(C)(C)n1c2ccccc2c2cccc(-c3ccccc3)c21. The van der Waals surface area contributed by atoms with Crippen LogP contribution in [-0.2, 0) is 16.6 Å². The van der Waals surface area contributed by atoms with E-state index in [-0.39, 0.29) is 16.6 Å². The minimum Gasteiger partial charge on any atom is -0.335 e. The van der Waals surface area contributed by atoms with Gasteiger partial charge in [0.1, 0.15) is 0 Å². The molecule has 0 aliphatic rings. The smallest absolute Gasteiger partial charge is 0.0576 e. The summed E-state index contributed by atoms with van der Waals surface area (Å²) in [6, 6.07) is 94.0. The molecule has 0 spiro atoms. The van der Waals surface area contributed by atoms with Crippen LogP contribution in [0.3, 0.4) is 0 Å². The van der Waals surface area contributed by atoms with Crippen LogP contribution in [0.4, 0.5) is 0 Å². The molecule has 4 heteroatoms. The molecule has 0 fully saturated rings. The van der Waals surface area contributed by atoms with Gasteiger partial charge in [-0.05, 0) is 121 Å². The fourth-order valence-electron chi connectivity index (χ4n) is 13.1. The Hall–Kier alpha value is -9.38. The minimum atomic E-state index is -0.0598. The fraction of sp³-hybridized carbons (Fsp3) is 0.154. The van der Waals surface area contributed by atoms with E-state index in [0.29, 0.717) is 0 Å². The summed E-state index contributed by atoms with van der Waals surface area (Å²) in [6.45, 7) is 20.6. The first-order valence-corrected chi connectivity index (χ1v) is 28.9. The Balaban J connectivity index is 0.000000117. The van der Waals surface area contributed by atoms with Crippen LogP contribution in [-0.4, -0.2) is 18.3 Å². The van der Waals surface area contributed by atoms with E-state index in [1.54, 1.807) is 0 Å². The van der Waals surface area contributed by atoms with Gasteiger partial charge in [-0.15, -0.1) is 0 Å². The van der Waals surface area contributed by atoms with Gasteiger partial charge in [0, 0.05) is 98.6 Å². The molecule has 4 heterocycles. The lowest BCUT2D eigenvalue weighted by atomic mass is 10.0. The number of rotatable bonds is 4. The second kappa shape index (κ2) is 20.3. The Labute approximate surface area is 481 Å². The van der Waals surface area contributed by atoms with Crippen molar-refractivity contribution in [1.29, 1.82) is 0 Å². The van der Waals surface area contributed by atoms with Crippen molar-refractivity contribution >= 4 is 87.2 Å². The molecule has 0 bridgehead atoms. The number of hydrogen-bond acceptors (Lipinski definition) is 0. The van der Waals surface area contributed by atoms with Crippen LogP contribution in [0.1, 0.15) is 62.3 Å². The van der Waals surface area contributed by atoms with Gasteiger partial charge < -0.3 is 18.3 Å². The molecule has 0 radical (unpaired) electrons. The quantitative estimate of drug-likeness (QED) is 0.167. The average molecular weight is 1060 g/mol. The zero-order valence-electron chi connectivity index (χ0n) is 48.6. The highest BCUT2D eigenvalue weighted by Gasteiger charge is 2.27. The number of benzene rings is 11. The van der Waals surface area contributed by atoms with Crippen molar-refractivity contribution < 1.29 is 0 Å². The molecule has 0 aliphatic heterocycles. The van der Waals surface area contributed by atoms with E-state index in [9.17, 15) is 0 Å². The molecular formula is C78H70N4. The Kier molecular flexibility index (Phi) is 12.9. The third-order valence-electron chi connectivity index (χ3n) is 16.3. The summed E-state index contributed by atoms with van der Waals surface area (Å²) in [5.41, 5.74) is 19.2. The van der Waals surface area contributed by atoms with Crippen molar-refractivity contribution in [1.82, 2.24) is 18.3 Å². The van der Waals surface area contributed by atoms with Crippen LogP contribution in [0.2, 0.25) is 0 Å². The van der Waals surface area contributed by atoms with E-state index in [2.05, 4.69) is 341 Å². The highest BCUT2D eigenvalue weighted by molar-refractivity contribution is 6.17. The van der Waals surface area contributed by atoms with Crippen molar-refractivity contribution in [3.05, 3.63) is 261 Å². The van der Waals surface area contributed by atoms with Crippen molar-refractivity contribution in [3.63, 3.8) is 0 Å². The number of nitrogens with zero attached hydrogens (tertiary/aromatic N) is 4. The predicted octanol–water partition coefficient (Wildman–Crippen LogP) is 21.7. The Morgan fingerprint density at radius 2 is 0.512 bits per heavy atom. The number of para-hydroxylation sites is 7. The lowest BCUT2D eigenvalue weighted by Crippen LogP contribution is -2.22. The maximum absolute atomic E-state index is 2.54. The lowest BCUT2D eigenvalue weighted by Gasteiger charge is -2.26. The summed E-state index contributed by atoms with van der Waals surface area (Å²) >= 11 is 0. The second-order valence-corrected chi connectivity index (χ2v) is 24.8. The number of fused-ring (bicyclic) bond motifs is 12. The predicted molar refractivity (Wildman–Crippen MR) is 354 cm³/mol. The van der Waals surface area contributed by atoms with E-state index < -0.39 is 0 Å². The normalized spacial score (nSPS) is 12.2. The molecule has 0 unspecified atom stereocenters. The van der Waals surface area contributed by atoms with E-state index in [4.69, 9.17) is 0 Å². The van der Waals surface area contributed by atoms with Crippen molar-refractivity contribution in [2.45, 2.75) is 78.9 Å². The zero-order chi connectivity index (χ0) is 56.5. The molecule has 0 amide bonds. The molecular weight excluding hydrogens is 993 g/mol. The maximum Gasteiger partial charge on any atom is 0.0576 e. The van der Waals surface area contributed by atoms with E-state index in [1.165, 1.54) is 126 Å². The third-order valence-corrected chi connectivity index (χ3v) is 16.3. The van der Waals surface area contributed by atoms with Gasteiger partial charge in [-0.2, -0.15) is 0 Å². The molecule has 15 aromatic rings. The lowest BCUT2D eigenvalue weighted by molar-refractivity contribution is 0.423. The first kappa shape index (κ1) is 52.0. The molecule has 0 atom stereocenters. The fourth-order valence-corrected chi connectivity index (χ4v) is 13.1. The molecule has 4 aromatic heterocycles. The standard InChI is InChI=1S/C28H24N2.C28H25N.C22H21N/c1-28(2,3)30-26-15-9-6-12-22(26)23-18-19(16-17-27(23)30)29-24-13-7-4-10-20(24)21-11-5-8-14-25(21)29;1-28(2,3)29-26-22(20-12-6-4-7-13-20)16-10-18-24(26)25-19-11-17-23(27(25)29)21-14-8-5-9-15-21;1-22(2,3)23-20-15-8-7-12-18(20)19-14-9-13-17(21(19)23)16-10-5-4-6-11-16/h4-18H,1-3H3;4-19H,1-3H3;4-15H,1-3H3. The Bertz CT molecular complexity index is 4680. The Morgan fingerprint density at radius 3 is 0.915 bits per heavy atom. The van der Waals surface area contributed by atoms with Crippen LogP contribution in [0, 0.1) is 0 Å². The van der Waals surface area contributed by atoms with Crippen molar-refractivity contribution in [3.8, 4) is 39.1 Å². The summed E-state index contributed by atoms with van der Waals surface area (Å²) in [7, 11) is 0. The third kappa shape index (κ3) is 8.94. The monoisotopic (exact) mass is 1060 g/mol. The summed E-state index contributed by atoms with van der Waals surface area (Å²) in [5, 5.41) is 10.5. The van der Waals surface area contributed by atoms with Crippen LogP contribution < -0.4 is 0 Å². The average Bonchev–Trinajstić information content (AvgIpc) is 4.41. The number of hydrogen-bond donors (Lipinski definition) is 0. The van der Waals surface area contributed by atoms with E-state index in [0.717, 1.165) is 0 Å². The van der Waals surface area contributed by atoms with Crippen molar-refractivity contribution in [2.24, 2.45) is 0 Å². The molecule has 0 saturated carbocycles. The van der Waals surface area contributed by atoms with Gasteiger partial charge in [-0.25, -0.2) is 0 Å². The first-order chi connectivity index (χ1) is 39.7. The Morgan fingerprint density at radius 1 is 0.220 bits per heavy atom. The van der Waals surface area contributed by atoms with Gasteiger partial charge in [0.05, 0.1) is 27.6 Å². The molecule has 4 nitrogen and oxygen atoms in total. The molecule has 82 heavy (non-hydrogen) atoms. The van der Waals surface area contributed by atoms with Crippen LogP contribution in [0.25, 0.3) is 126 Å². The molecule has 0 saturated heterocycles. The summed E-state index contributed by atoms with van der Waals surface area (Å²) in [5.74, 6) is 0. The largest absolute Gasteiger partial charge is 0.335 e.